The summed E-state index contributed by atoms with van der Waals surface area (Å²) in [4.78, 5) is 10.3. The highest BCUT2D eigenvalue weighted by Gasteiger charge is 2.23. The van der Waals surface area contributed by atoms with Crippen LogP contribution < -0.4 is 4.74 Å². The van der Waals surface area contributed by atoms with Gasteiger partial charge in [0.2, 0.25) is 0 Å². The number of allylic oxidation sites excluding steroid dienone is 1. The van der Waals surface area contributed by atoms with Gasteiger partial charge in [0.05, 0.1) is 18.0 Å². The van der Waals surface area contributed by atoms with Crippen molar-refractivity contribution in [2.75, 3.05) is 13.1 Å². The molecule has 24 heavy (non-hydrogen) atoms. The molecule has 0 heterocycles. The summed E-state index contributed by atoms with van der Waals surface area (Å²) in [5.41, 5.74) is 0.940. The number of rotatable bonds is 6. The van der Waals surface area contributed by atoms with E-state index in [1.54, 1.807) is 12.1 Å². The van der Waals surface area contributed by atoms with Crippen molar-refractivity contribution in [3.8, 4) is 5.75 Å². The van der Waals surface area contributed by atoms with E-state index < -0.39 is 4.92 Å². The molecule has 1 aliphatic rings. The number of non-ortho nitro benzene ring substituents is 1. The van der Waals surface area contributed by atoms with E-state index in [9.17, 15) is 15.3 Å². The zero-order valence-corrected chi connectivity index (χ0v) is 14.4. The maximum Gasteiger partial charge on any atom is 0.269 e. The molecule has 0 aliphatic heterocycles. The predicted octanol–water partition coefficient (Wildman–Crippen LogP) is 4.54. The first-order valence-corrected chi connectivity index (χ1v) is 8.69. The van der Waals surface area contributed by atoms with Gasteiger partial charge < -0.3 is 14.6 Å². The van der Waals surface area contributed by atoms with Gasteiger partial charge in [-0.1, -0.05) is 6.42 Å². The van der Waals surface area contributed by atoms with E-state index >= 15 is 0 Å². The Bertz CT molecular complexity index is 579. The van der Waals surface area contributed by atoms with E-state index in [1.165, 1.54) is 12.1 Å². The molecule has 0 aromatic heterocycles. The predicted molar refractivity (Wildman–Crippen MR) is 93.4 cm³/mol. The molecule has 1 aromatic rings. The minimum atomic E-state index is -0.427. The monoisotopic (exact) mass is 334 g/mol. The van der Waals surface area contributed by atoms with Crippen molar-refractivity contribution in [2.45, 2.75) is 52.1 Å². The molecule has 0 N–H and O–H groups in total. The molecular weight excluding hydrogens is 308 g/mol. The van der Waals surface area contributed by atoms with Crippen LogP contribution in [0.15, 0.2) is 36.0 Å². The zero-order chi connectivity index (χ0) is 17.6. The van der Waals surface area contributed by atoms with Crippen molar-refractivity contribution in [1.29, 1.82) is 0 Å². The third kappa shape index (κ3) is 4.55. The highest BCUT2D eigenvalue weighted by Crippen LogP contribution is 2.28. The van der Waals surface area contributed by atoms with Gasteiger partial charge in [0.15, 0.2) is 0 Å². The molecule has 132 valence electrons. The van der Waals surface area contributed by atoms with Crippen molar-refractivity contribution < 1.29 is 14.3 Å². The van der Waals surface area contributed by atoms with Crippen molar-refractivity contribution in [3.05, 3.63) is 51.4 Å². The number of nitrogens with zero attached hydrogens (tertiary/aromatic N) is 2. The Morgan fingerprint density at radius 3 is 2.42 bits per heavy atom. The quantitative estimate of drug-likeness (QED) is 0.434. The van der Waals surface area contributed by atoms with Crippen molar-refractivity contribution in [2.24, 2.45) is 0 Å². The molecule has 6 nitrogen and oxygen atoms in total. The summed E-state index contributed by atoms with van der Waals surface area (Å²) in [6.07, 6.45) is 6.67. The van der Waals surface area contributed by atoms with Crippen LogP contribution in [0, 0.1) is 15.3 Å². The van der Waals surface area contributed by atoms with Crippen molar-refractivity contribution in [3.63, 3.8) is 0 Å². The summed E-state index contributed by atoms with van der Waals surface area (Å²) in [6, 6.07) is 6.11. The minimum Gasteiger partial charge on any atom is -0.628 e. The molecule has 1 aromatic carbocycles. The number of quaternary nitrogens is 1. The second kappa shape index (κ2) is 8.26. The molecule has 0 saturated carbocycles. The average molecular weight is 334 g/mol. The molecule has 0 radical (unpaired) electrons. The molecule has 0 amide bonds. The van der Waals surface area contributed by atoms with E-state index in [1.807, 2.05) is 19.9 Å². The van der Waals surface area contributed by atoms with Crippen molar-refractivity contribution >= 4 is 5.69 Å². The zero-order valence-electron chi connectivity index (χ0n) is 14.4. The molecule has 1 unspecified atom stereocenters. The third-order valence-electron chi connectivity index (χ3n) is 4.68. The number of hydroxylamine groups is 3. The molecule has 6 heteroatoms. The van der Waals surface area contributed by atoms with Crippen LogP contribution in [0.25, 0.3) is 0 Å². The van der Waals surface area contributed by atoms with Crippen LogP contribution in [-0.2, 0) is 0 Å². The van der Waals surface area contributed by atoms with Crippen LogP contribution in [0.4, 0.5) is 5.69 Å². The average Bonchev–Trinajstić information content (AvgIpc) is 2.57. The number of hydrogen-bond acceptors (Lipinski definition) is 4. The van der Waals surface area contributed by atoms with Crippen LogP contribution in [-0.4, -0.2) is 28.8 Å². The number of hydrogen-bond donors (Lipinski definition) is 0. The number of nitro benzene ring substituents is 1. The Balaban J connectivity index is 2.19. The summed E-state index contributed by atoms with van der Waals surface area (Å²) in [5, 5.41) is 23.6. The van der Waals surface area contributed by atoms with Crippen molar-refractivity contribution in [1.82, 2.24) is 0 Å². The van der Waals surface area contributed by atoms with Gasteiger partial charge in [-0.2, -0.15) is 0 Å². The standard InChI is InChI=1S/C18H26N2O4/c1-3-20(23,4-2)16-8-6-5-7-9-18(14-16)24-17-12-10-15(11-13-17)19(21)22/h10-14,18H,3-9H2,1-2H3/b16-14+. The van der Waals surface area contributed by atoms with E-state index in [2.05, 4.69) is 0 Å². The Morgan fingerprint density at radius 1 is 1.17 bits per heavy atom. The van der Waals surface area contributed by atoms with Gasteiger partial charge in [-0.15, -0.1) is 0 Å². The van der Waals surface area contributed by atoms with Gasteiger partial charge in [0, 0.05) is 24.6 Å². The second-order valence-electron chi connectivity index (χ2n) is 6.19. The maximum absolute atomic E-state index is 12.9. The third-order valence-corrected chi connectivity index (χ3v) is 4.68. The Labute approximate surface area is 143 Å². The summed E-state index contributed by atoms with van der Waals surface area (Å²) in [7, 11) is 0. The first-order chi connectivity index (χ1) is 11.5. The summed E-state index contributed by atoms with van der Waals surface area (Å²) >= 11 is 0. The van der Waals surface area contributed by atoms with Crippen LogP contribution in [0.5, 0.6) is 5.75 Å². The number of ether oxygens (including phenoxy) is 1. The van der Waals surface area contributed by atoms with Gasteiger partial charge in [-0.05, 0) is 45.2 Å². The molecule has 0 fully saturated rings. The topological polar surface area (TPSA) is 75.4 Å². The Kier molecular flexibility index (Phi) is 6.34. The molecule has 2 rings (SSSR count). The normalized spacial score (nSPS) is 21.3. The second-order valence-corrected chi connectivity index (χ2v) is 6.19. The lowest BCUT2D eigenvalue weighted by Crippen LogP contribution is -2.41. The van der Waals surface area contributed by atoms with Crippen LogP contribution >= 0.6 is 0 Å². The minimum absolute atomic E-state index is 0.0449. The fraction of sp³-hybridized carbons (Fsp3) is 0.556. The maximum atomic E-state index is 12.9. The van der Waals surface area contributed by atoms with E-state index in [4.69, 9.17) is 4.74 Å². The summed E-state index contributed by atoms with van der Waals surface area (Å²) < 4.78 is 5.70. The van der Waals surface area contributed by atoms with Gasteiger partial charge in [-0.25, -0.2) is 0 Å². The smallest absolute Gasteiger partial charge is 0.269 e. The molecule has 1 aliphatic carbocycles. The van der Waals surface area contributed by atoms with E-state index in [-0.39, 0.29) is 16.4 Å². The fourth-order valence-corrected chi connectivity index (χ4v) is 3.09. The summed E-state index contributed by atoms with van der Waals surface area (Å²) in [6.45, 7) is 4.88. The van der Waals surface area contributed by atoms with Gasteiger partial charge in [-0.3, -0.25) is 10.1 Å². The summed E-state index contributed by atoms with van der Waals surface area (Å²) in [5.74, 6) is 0.596. The first-order valence-electron chi connectivity index (χ1n) is 8.69. The molecule has 0 spiro atoms. The van der Waals surface area contributed by atoms with Gasteiger partial charge in [0.25, 0.3) is 5.69 Å². The highest BCUT2D eigenvalue weighted by molar-refractivity contribution is 5.36. The van der Waals surface area contributed by atoms with Gasteiger partial charge in [0.1, 0.15) is 17.6 Å². The lowest BCUT2D eigenvalue weighted by Gasteiger charge is -2.43. The Hall–Kier alpha value is -1.92. The fourth-order valence-electron chi connectivity index (χ4n) is 3.09. The lowest BCUT2D eigenvalue weighted by molar-refractivity contribution is -0.840. The highest BCUT2D eigenvalue weighted by atomic mass is 16.6. The van der Waals surface area contributed by atoms with E-state index in [0.29, 0.717) is 18.8 Å². The SMILES string of the molecule is CC[N+]([O-])(CC)/C1=C/C(Oc2ccc([N+](=O)[O-])cc2)CCCCC1. The van der Waals surface area contributed by atoms with Gasteiger partial charge >= 0.3 is 0 Å². The Morgan fingerprint density at radius 2 is 1.83 bits per heavy atom. The molecule has 0 bridgehead atoms. The van der Waals surface area contributed by atoms with Crippen LogP contribution in [0.1, 0.15) is 46.0 Å². The van der Waals surface area contributed by atoms with Crippen LogP contribution in [0.2, 0.25) is 0 Å². The molecule has 1 atom stereocenters. The molecular formula is C18H26N2O4. The first kappa shape index (κ1) is 18.4. The number of nitro groups is 1. The number of benzene rings is 1. The molecule has 0 saturated heterocycles. The largest absolute Gasteiger partial charge is 0.628 e. The lowest BCUT2D eigenvalue weighted by atomic mass is 10.0. The van der Waals surface area contributed by atoms with Crippen LogP contribution in [0.3, 0.4) is 0 Å². The van der Waals surface area contributed by atoms with E-state index in [0.717, 1.165) is 37.8 Å².